The van der Waals surface area contributed by atoms with Gasteiger partial charge >= 0.3 is 0 Å². The second-order valence-electron chi connectivity index (χ2n) is 4.48. The molecule has 0 aliphatic heterocycles. The summed E-state index contributed by atoms with van der Waals surface area (Å²) in [5.41, 5.74) is 7.85. The molecular weight excluding hydrogens is 277 g/mol. The van der Waals surface area contributed by atoms with E-state index in [1.54, 1.807) is 42.3 Å². The first kappa shape index (κ1) is 14.2. The van der Waals surface area contributed by atoms with Crippen LogP contribution in [0.15, 0.2) is 36.4 Å². The van der Waals surface area contributed by atoms with Crippen LogP contribution < -0.4 is 10.6 Å². The first-order chi connectivity index (χ1) is 9.51. The van der Waals surface area contributed by atoms with E-state index in [-0.39, 0.29) is 0 Å². The number of nitrogens with two attached hydrogens (primary N) is 1. The van der Waals surface area contributed by atoms with E-state index in [0.717, 1.165) is 5.56 Å². The number of nitrogen functional groups attached to an aromatic ring is 1. The van der Waals surface area contributed by atoms with Gasteiger partial charge in [0.1, 0.15) is 5.82 Å². The third-order valence-corrected chi connectivity index (χ3v) is 3.33. The predicted molar refractivity (Wildman–Crippen MR) is 79.1 cm³/mol. The highest BCUT2D eigenvalue weighted by molar-refractivity contribution is 6.31. The fourth-order valence-electron chi connectivity index (χ4n) is 1.94. The summed E-state index contributed by atoms with van der Waals surface area (Å²) in [6.45, 7) is 0.423. The Kier molecular flexibility index (Phi) is 4.11. The van der Waals surface area contributed by atoms with Gasteiger partial charge < -0.3 is 10.6 Å². The molecule has 5 heteroatoms. The van der Waals surface area contributed by atoms with Crippen LogP contribution in [-0.4, -0.2) is 7.05 Å². The number of halogens is 2. The van der Waals surface area contributed by atoms with Crippen LogP contribution >= 0.6 is 11.6 Å². The van der Waals surface area contributed by atoms with Crippen LogP contribution in [0.2, 0.25) is 5.02 Å². The highest BCUT2D eigenvalue weighted by atomic mass is 35.5. The molecule has 2 aromatic carbocycles. The summed E-state index contributed by atoms with van der Waals surface area (Å²) in [5.74, 6) is -0.438. The molecule has 3 nitrogen and oxygen atoms in total. The summed E-state index contributed by atoms with van der Waals surface area (Å²) in [6.07, 6.45) is 0. The van der Waals surface area contributed by atoms with Crippen molar-refractivity contribution in [3.63, 3.8) is 0 Å². The monoisotopic (exact) mass is 289 g/mol. The Morgan fingerprint density at radius 2 is 2.05 bits per heavy atom. The Balaban J connectivity index is 2.26. The third-order valence-electron chi connectivity index (χ3n) is 2.97. The predicted octanol–water partition coefficient (Wildman–Crippen LogP) is 3.57. The summed E-state index contributed by atoms with van der Waals surface area (Å²) in [7, 11) is 1.75. The van der Waals surface area contributed by atoms with Crippen molar-refractivity contribution in [2.75, 3.05) is 17.7 Å². The molecule has 0 aliphatic carbocycles. The minimum atomic E-state index is -0.438. The van der Waals surface area contributed by atoms with E-state index in [4.69, 9.17) is 22.6 Å². The summed E-state index contributed by atoms with van der Waals surface area (Å²) in [5, 5.41) is 9.32. The first-order valence-electron chi connectivity index (χ1n) is 5.96. The molecule has 2 aromatic rings. The molecule has 0 saturated heterocycles. The number of nitriles is 1. The lowest BCUT2D eigenvalue weighted by molar-refractivity contribution is 0.622. The molecule has 0 aromatic heterocycles. The van der Waals surface area contributed by atoms with Gasteiger partial charge in [0.2, 0.25) is 0 Å². The van der Waals surface area contributed by atoms with Gasteiger partial charge in [-0.1, -0.05) is 11.6 Å². The molecule has 2 N–H and O–H groups in total. The lowest BCUT2D eigenvalue weighted by Crippen LogP contribution is -2.18. The molecule has 0 aliphatic rings. The van der Waals surface area contributed by atoms with Gasteiger partial charge in [-0.3, -0.25) is 0 Å². The molecule has 0 bridgehead atoms. The zero-order valence-electron chi connectivity index (χ0n) is 10.9. The van der Waals surface area contributed by atoms with Crippen LogP contribution in [0.4, 0.5) is 15.8 Å². The van der Waals surface area contributed by atoms with Crippen molar-refractivity contribution in [1.29, 1.82) is 5.26 Å². The Hall–Kier alpha value is -2.25. The topological polar surface area (TPSA) is 53.0 Å². The molecule has 20 heavy (non-hydrogen) atoms. The second kappa shape index (κ2) is 5.81. The smallest absolute Gasteiger partial charge is 0.147 e. The van der Waals surface area contributed by atoms with Crippen molar-refractivity contribution in [3.8, 4) is 6.07 Å². The van der Waals surface area contributed by atoms with E-state index < -0.39 is 5.82 Å². The molecule has 0 spiro atoms. The van der Waals surface area contributed by atoms with Gasteiger partial charge in [0.05, 0.1) is 17.3 Å². The first-order valence-corrected chi connectivity index (χ1v) is 6.33. The van der Waals surface area contributed by atoms with Crippen molar-refractivity contribution in [3.05, 3.63) is 58.4 Å². The van der Waals surface area contributed by atoms with Crippen LogP contribution in [0, 0.1) is 17.1 Å². The average molecular weight is 290 g/mol. The zero-order chi connectivity index (χ0) is 14.7. The maximum Gasteiger partial charge on any atom is 0.147 e. The fourth-order valence-corrected chi connectivity index (χ4v) is 2.12. The van der Waals surface area contributed by atoms with Crippen LogP contribution in [0.25, 0.3) is 0 Å². The minimum absolute atomic E-state index is 0.293. The van der Waals surface area contributed by atoms with Gasteiger partial charge in [-0.25, -0.2) is 4.39 Å². The van der Waals surface area contributed by atoms with E-state index in [2.05, 4.69) is 0 Å². The number of benzene rings is 2. The van der Waals surface area contributed by atoms with Crippen molar-refractivity contribution in [2.24, 2.45) is 0 Å². The van der Waals surface area contributed by atoms with Crippen LogP contribution in [0.5, 0.6) is 0 Å². The number of rotatable bonds is 3. The second-order valence-corrected chi connectivity index (χ2v) is 4.89. The fraction of sp³-hybridized carbons (Fsp3) is 0.133. The van der Waals surface area contributed by atoms with Crippen molar-refractivity contribution >= 4 is 23.0 Å². The lowest BCUT2D eigenvalue weighted by atomic mass is 10.1. The van der Waals surface area contributed by atoms with Gasteiger partial charge in [-0.15, -0.1) is 0 Å². The summed E-state index contributed by atoms with van der Waals surface area (Å²) >= 11 is 6.10. The van der Waals surface area contributed by atoms with E-state index in [1.165, 1.54) is 6.07 Å². The largest absolute Gasteiger partial charge is 0.399 e. The Morgan fingerprint density at radius 1 is 1.30 bits per heavy atom. The highest BCUT2D eigenvalue weighted by Gasteiger charge is 2.11. The molecule has 0 fully saturated rings. The number of hydrogen-bond acceptors (Lipinski definition) is 3. The summed E-state index contributed by atoms with van der Waals surface area (Å²) in [6, 6.07) is 11.5. The van der Waals surface area contributed by atoms with Crippen LogP contribution in [-0.2, 0) is 6.54 Å². The average Bonchev–Trinajstić information content (AvgIpc) is 2.42. The molecule has 0 unspecified atom stereocenters. The van der Waals surface area contributed by atoms with Gasteiger partial charge in [0.25, 0.3) is 0 Å². The lowest BCUT2D eigenvalue weighted by Gasteiger charge is -2.21. The molecule has 0 heterocycles. The summed E-state index contributed by atoms with van der Waals surface area (Å²) < 4.78 is 13.9. The van der Waals surface area contributed by atoms with Crippen molar-refractivity contribution < 1.29 is 4.39 Å². The maximum absolute atomic E-state index is 13.9. The Bertz CT molecular complexity index is 679. The highest BCUT2D eigenvalue weighted by Crippen LogP contribution is 2.25. The number of hydrogen-bond donors (Lipinski definition) is 1. The van der Waals surface area contributed by atoms with Crippen molar-refractivity contribution in [1.82, 2.24) is 0 Å². The molecule has 0 atom stereocenters. The Labute approximate surface area is 122 Å². The Morgan fingerprint density at radius 3 is 2.70 bits per heavy atom. The molecule has 0 saturated carbocycles. The molecule has 2 rings (SSSR count). The third kappa shape index (κ3) is 3.01. The van der Waals surface area contributed by atoms with E-state index in [9.17, 15) is 4.39 Å². The van der Waals surface area contributed by atoms with E-state index in [0.29, 0.717) is 28.5 Å². The standard InChI is InChI=1S/C15H13ClFN3/c1-20(9-11-7-12(19)3-4-13(11)16)15-5-2-10(8-18)6-14(15)17/h2-7H,9,19H2,1H3. The van der Waals surface area contributed by atoms with Crippen molar-refractivity contribution in [2.45, 2.75) is 6.54 Å². The van der Waals surface area contributed by atoms with E-state index in [1.807, 2.05) is 6.07 Å². The SMILES string of the molecule is CN(Cc1cc(N)ccc1Cl)c1ccc(C#N)cc1F. The molecule has 102 valence electrons. The van der Waals surface area contributed by atoms with Gasteiger partial charge in [-0.05, 0) is 42.0 Å². The molecular formula is C15H13ClFN3. The quantitative estimate of drug-likeness (QED) is 0.879. The minimum Gasteiger partial charge on any atom is -0.399 e. The summed E-state index contributed by atoms with van der Waals surface area (Å²) in [4.78, 5) is 1.72. The van der Waals surface area contributed by atoms with E-state index >= 15 is 0 Å². The zero-order valence-corrected chi connectivity index (χ0v) is 11.7. The number of anilines is 2. The maximum atomic E-state index is 13.9. The molecule has 0 amide bonds. The van der Waals surface area contributed by atoms with Crippen LogP contribution in [0.3, 0.4) is 0 Å². The van der Waals surface area contributed by atoms with Gasteiger partial charge in [0, 0.05) is 24.3 Å². The molecule has 0 radical (unpaired) electrons. The van der Waals surface area contributed by atoms with Crippen LogP contribution in [0.1, 0.15) is 11.1 Å². The van der Waals surface area contributed by atoms with Gasteiger partial charge in [-0.2, -0.15) is 5.26 Å². The van der Waals surface area contributed by atoms with Gasteiger partial charge in [0.15, 0.2) is 0 Å². The number of nitrogens with zero attached hydrogens (tertiary/aromatic N) is 2. The normalized spacial score (nSPS) is 10.1.